The van der Waals surface area contributed by atoms with E-state index in [2.05, 4.69) is 5.32 Å². The van der Waals surface area contributed by atoms with Gasteiger partial charge < -0.3 is 10.2 Å². The molecule has 1 aliphatic heterocycles. The number of carbonyl (C=O) groups excluding carboxylic acids is 2. The van der Waals surface area contributed by atoms with Crippen molar-refractivity contribution in [3.05, 3.63) is 59.1 Å². The zero-order valence-corrected chi connectivity index (χ0v) is 17.5. The number of alkyl halides is 3. The van der Waals surface area contributed by atoms with Crippen LogP contribution in [0.5, 0.6) is 0 Å². The first-order chi connectivity index (χ1) is 14.8. The molecule has 1 saturated heterocycles. The van der Waals surface area contributed by atoms with E-state index < -0.39 is 34.7 Å². The van der Waals surface area contributed by atoms with Crippen molar-refractivity contribution in [1.82, 2.24) is 5.32 Å². The molecule has 0 radical (unpaired) electrons. The van der Waals surface area contributed by atoms with Crippen molar-refractivity contribution >= 4 is 40.5 Å². The number of benzene rings is 2. The maximum Gasteiger partial charge on any atom is 0.417 e. The smallest absolute Gasteiger partial charge is 0.355 e. The predicted molar refractivity (Wildman–Crippen MR) is 113 cm³/mol. The van der Waals surface area contributed by atoms with E-state index in [1.54, 1.807) is 13.8 Å². The first-order valence-electron chi connectivity index (χ1n) is 9.47. The number of nitrogens with zero attached hydrogens (tertiary/aromatic N) is 3. The summed E-state index contributed by atoms with van der Waals surface area (Å²) < 4.78 is 48.4. The van der Waals surface area contributed by atoms with Crippen LogP contribution in [0.25, 0.3) is 0 Å². The minimum Gasteiger partial charge on any atom is -0.355 e. The standard InChI is InChI=1S/C21H17F3N4O2S/c1-20(2)18(30)27(15-9-6-13(11-25)16(10-15)21(22,23)24)19(31)28(20)14-7-4-12(5-8-14)17(29)26-3/h4-10H,1-3H3,(H,26,29)/i4D. The molecule has 1 N–H and O–H groups in total. The van der Waals surface area contributed by atoms with Crippen molar-refractivity contribution in [1.29, 1.82) is 5.26 Å². The van der Waals surface area contributed by atoms with Gasteiger partial charge in [0.1, 0.15) is 5.54 Å². The van der Waals surface area contributed by atoms with Crippen LogP contribution in [0.15, 0.2) is 42.4 Å². The molecule has 0 spiro atoms. The molecule has 0 aliphatic carbocycles. The molecule has 1 heterocycles. The first kappa shape index (κ1) is 20.8. The molecule has 160 valence electrons. The van der Waals surface area contributed by atoms with Gasteiger partial charge in [-0.3, -0.25) is 14.5 Å². The highest BCUT2D eigenvalue weighted by Gasteiger charge is 2.50. The molecule has 0 unspecified atom stereocenters. The van der Waals surface area contributed by atoms with Crippen LogP contribution in [0.3, 0.4) is 0 Å². The van der Waals surface area contributed by atoms with Crippen molar-refractivity contribution in [3.8, 4) is 6.07 Å². The second-order valence-corrected chi connectivity index (χ2v) is 7.56. The summed E-state index contributed by atoms with van der Waals surface area (Å²) in [6, 6.07) is 8.59. The van der Waals surface area contributed by atoms with E-state index in [4.69, 9.17) is 18.9 Å². The number of nitriles is 1. The lowest BCUT2D eigenvalue weighted by molar-refractivity contribution is -0.137. The van der Waals surface area contributed by atoms with Gasteiger partial charge in [0.05, 0.1) is 24.3 Å². The molecule has 2 aromatic carbocycles. The molecule has 2 amide bonds. The predicted octanol–water partition coefficient (Wildman–Crippen LogP) is 3.85. The van der Waals surface area contributed by atoms with Crippen LogP contribution in [-0.2, 0) is 11.0 Å². The first-order valence-corrected chi connectivity index (χ1v) is 9.38. The van der Waals surface area contributed by atoms with Gasteiger partial charge >= 0.3 is 6.18 Å². The molecule has 10 heteroatoms. The number of hydrogen-bond donors (Lipinski definition) is 1. The lowest BCUT2D eigenvalue weighted by Crippen LogP contribution is -2.44. The van der Waals surface area contributed by atoms with E-state index in [-0.39, 0.29) is 22.4 Å². The van der Waals surface area contributed by atoms with Gasteiger partial charge in [-0.2, -0.15) is 18.4 Å². The number of carbonyl (C=O) groups is 2. The zero-order chi connectivity index (χ0) is 24.0. The molecule has 0 atom stereocenters. The average molecular weight is 447 g/mol. The number of hydrogen-bond acceptors (Lipinski definition) is 4. The summed E-state index contributed by atoms with van der Waals surface area (Å²) in [7, 11) is 1.43. The Kier molecular flexibility index (Phi) is 5.15. The Morgan fingerprint density at radius 1 is 1.23 bits per heavy atom. The van der Waals surface area contributed by atoms with Gasteiger partial charge in [0, 0.05) is 18.3 Å². The minimum atomic E-state index is -4.80. The SMILES string of the molecule is [2H]c1cc(N2C(=S)N(c3ccc(C#N)c(C(F)(F)F)c3)C(=O)C2(C)C)ccc1C(=O)NC. The summed E-state index contributed by atoms with van der Waals surface area (Å²) in [5.41, 5.74) is -2.71. The Hall–Kier alpha value is -3.45. The summed E-state index contributed by atoms with van der Waals surface area (Å²) >= 11 is 5.44. The van der Waals surface area contributed by atoms with E-state index >= 15 is 0 Å². The number of amides is 2. The molecular formula is C21H17F3N4O2S. The Balaban J connectivity index is 2.10. The van der Waals surface area contributed by atoms with Gasteiger partial charge in [-0.1, -0.05) is 0 Å². The van der Waals surface area contributed by atoms with Gasteiger partial charge in [0.2, 0.25) is 0 Å². The zero-order valence-electron chi connectivity index (χ0n) is 17.7. The Morgan fingerprint density at radius 3 is 2.42 bits per heavy atom. The molecule has 0 aromatic heterocycles. The van der Waals surface area contributed by atoms with Crippen molar-refractivity contribution in [2.45, 2.75) is 25.6 Å². The minimum absolute atomic E-state index is 0.0927. The fourth-order valence-corrected chi connectivity index (χ4v) is 3.81. The highest BCUT2D eigenvalue weighted by atomic mass is 32.1. The molecule has 6 nitrogen and oxygen atoms in total. The Morgan fingerprint density at radius 2 is 1.87 bits per heavy atom. The molecule has 0 saturated carbocycles. The largest absolute Gasteiger partial charge is 0.417 e. The van der Waals surface area contributed by atoms with Crippen LogP contribution in [0, 0.1) is 11.3 Å². The van der Waals surface area contributed by atoms with E-state index in [9.17, 15) is 22.8 Å². The highest BCUT2D eigenvalue weighted by Crippen LogP contribution is 2.39. The number of nitrogens with one attached hydrogen (secondary N) is 1. The molecule has 31 heavy (non-hydrogen) atoms. The molecule has 1 fully saturated rings. The fraction of sp³-hybridized carbons (Fsp3) is 0.238. The normalized spacial score (nSPS) is 16.2. The van der Waals surface area contributed by atoms with Crippen LogP contribution in [0.2, 0.25) is 0 Å². The Bertz CT molecular complexity index is 1190. The van der Waals surface area contributed by atoms with E-state index in [0.29, 0.717) is 11.8 Å². The summed E-state index contributed by atoms with van der Waals surface area (Å²) in [6.07, 6.45) is -4.80. The van der Waals surface area contributed by atoms with Crippen LogP contribution >= 0.6 is 12.2 Å². The van der Waals surface area contributed by atoms with Gasteiger partial charge in [0.15, 0.2) is 5.11 Å². The number of halogens is 3. The van der Waals surface area contributed by atoms with Gasteiger partial charge in [-0.15, -0.1) is 0 Å². The third-order valence-electron chi connectivity index (χ3n) is 4.88. The monoisotopic (exact) mass is 447 g/mol. The molecule has 0 bridgehead atoms. The summed E-state index contributed by atoms with van der Waals surface area (Å²) in [4.78, 5) is 27.4. The maximum absolute atomic E-state index is 13.4. The second kappa shape index (κ2) is 7.67. The molecule has 1 aliphatic rings. The summed E-state index contributed by atoms with van der Waals surface area (Å²) in [5, 5.41) is 11.3. The average Bonchev–Trinajstić information content (AvgIpc) is 2.90. The second-order valence-electron chi connectivity index (χ2n) is 7.20. The third-order valence-corrected chi connectivity index (χ3v) is 5.25. The van der Waals surface area contributed by atoms with Crippen LogP contribution in [-0.4, -0.2) is 29.5 Å². The van der Waals surface area contributed by atoms with Crippen molar-refractivity contribution in [2.75, 3.05) is 16.8 Å². The van der Waals surface area contributed by atoms with Crippen molar-refractivity contribution in [3.63, 3.8) is 0 Å². The lowest BCUT2D eigenvalue weighted by atomic mass is 10.0. The van der Waals surface area contributed by atoms with E-state index in [1.807, 2.05) is 0 Å². The molecule has 2 aromatic rings. The molecule has 3 rings (SSSR count). The van der Waals surface area contributed by atoms with E-state index in [1.165, 1.54) is 42.3 Å². The quantitative estimate of drug-likeness (QED) is 0.724. The van der Waals surface area contributed by atoms with Crippen LogP contribution < -0.4 is 15.1 Å². The number of rotatable bonds is 3. The number of thiocarbonyl (C=S) groups is 1. The highest BCUT2D eigenvalue weighted by molar-refractivity contribution is 7.81. The van der Waals surface area contributed by atoms with Crippen molar-refractivity contribution < 1.29 is 24.1 Å². The van der Waals surface area contributed by atoms with E-state index in [0.717, 1.165) is 11.0 Å². The molecular weight excluding hydrogens is 429 g/mol. The topological polar surface area (TPSA) is 76.4 Å². The number of anilines is 2. The van der Waals surface area contributed by atoms with Gasteiger partial charge in [-0.25, -0.2) is 0 Å². The van der Waals surface area contributed by atoms with Crippen LogP contribution in [0.4, 0.5) is 24.5 Å². The fourth-order valence-electron chi connectivity index (χ4n) is 3.29. The van der Waals surface area contributed by atoms with Gasteiger partial charge in [0.25, 0.3) is 11.8 Å². The lowest BCUT2D eigenvalue weighted by Gasteiger charge is -2.29. The summed E-state index contributed by atoms with van der Waals surface area (Å²) in [6.45, 7) is 3.10. The summed E-state index contributed by atoms with van der Waals surface area (Å²) in [5.74, 6) is -1.04. The third kappa shape index (κ3) is 3.72. The maximum atomic E-state index is 13.4. The Labute approximate surface area is 183 Å². The van der Waals surface area contributed by atoms with Crippen molar-refractivity contribution in [2.24, 2.45) is 0 Å². The van der Waals surface area contributed by atoms with Crippen LogP contribution in [0.1, 0.15) is 36.7 Å². The van der Waals surface area contributed by atoms with Gasteiger partial charge in [-0.05, 0) is 68.5 Å².